The van der Waals surface area contributed by atoms with Crippen LogP contribution in [0.3, 0.4) is 0 Å². The van der Waals surface area contributed by atoms with Crippen LogP contribution >= 0.6 is 0 Å². The van der Waals surface area contributed by atoms with Crippen LogP contribution < -0.4 is 10.1 Å². The lowest BCUT2D eigenvalue weighted by Crippen LogP contribution is -2.20. The number of ether oxygens (including phenoxy) is 1. The van der Waals surface area contributed by atoms with E-state index in [4.69, 9.17) is 9.72 Å². The molecule has 0 saturated carbocycles. The van der Waals surface area contributed by atoms with Crippen LogP contribution in [0.5, 0.6) is 11.8 Å². The van der Waals surface area contributed by atoms with E-state index in [9.17, 15) is 4.91 Å². The van der Waals surface area contributed by atoms with E-state index in [1.165, 1.54) is 0 Å². The van der Waals surface area contributed by atoms with Crippen molar-refractivity contribution in [2.24, 2.45) is 5.18 Å². The van der Waals surface area contributed by atoms with Crippen LogP contribution in [0, 0.1) is 4.91 Å². The van der Waals surface area contributed by atoms with Crippen LogP contribution in [0.1, 0.15) is 31.5 Å². The molecule has 2 aromatic rings. The second kappa shape index (κ2) is 14.3. The molecule has 7 heteroatoms. The van der Waals surface area contributed by atoms with E-state index in [0.717, 1.165) is 29.1 Å². The molecule has 180 valence electrons. The van der Waals surface area contributed by atoms with Gasteiger partial charge in [-0.2, -0.15) is 9.89 Å². The number of imidazole rings is 1. The van der Waals surface area contributed by atoms with E-state index >= 15 is 0 Å². The summed E-state index contributed by atoms with van der Waals surface area (Å²) in [7, 11) is 1.94. The molecular weight excluding hydrogens is 426 g/mol. The Morgan fingerprint density at radius 1 is 1.26 bits per heavy atom. The summed E-state index contributed by atoms with van der Waals surface area (Å²) in [5, 5.41) is 6.07. The first-order valence-corrected chi connectivity index (χ1v) is 11.4. The number of rotatable bonds is 15. The molecule has 0 aliphatic rings. The van der Waals surface area contributed by atoms with Crippen molar-refractivity contribution >= 4 is 11.5 Å². The number of aromatic nitrogens is 2. The van der Waals surface area contributed by atoms with Gasteiger partial charge < -0.3 is 15.0 Å². The Morgan fingerprint density at radius 3 is 2.74 bits per heavy atom. The fraction of sp³-hybridized carbons (Fsp3) is 0.296. The van der Waals surface area contributed by atoms with Gasteiger partial charge in [-0.25, -0.2) is 0 Å². The summed E-state index contributed by atoms with van der Waals surface area (Å²) in [5.74, 6) is 1.36. The van der Waals surface area contributed by atoms with E-state index in [2.05, 4.69) is 30.6 Å². The largest absolute Gasteiger partial charge is 0.425 e. The second-order valence-corrected chi connectivity index (χ2v) is 7.53. The molecule has 0 bridgehead atoms. The number of aryl methyl sites for hydroxylation is 1. The van der Waals surface area contributed by atoms with Gasteiger partial charge in [-0.15, -0.1) is 0 Å². The fourth-order valence-corrected chi connectivity index (χ4v) is 3.34. The molecule has 2 rings (SSSR count). The standard InChI is InChI=1S/C27H35N5O2/c1-6-9-10-11-12-15-21-32-25(22(4)31(5)20-16-19-29-33)26(28-8-3)30-27(32)34-24-18-14-13-17-23(24)7-2/h6,8-15,17-18,28H,3-4,7,16,19-21H2,1-2,5H3/b9-6-,11-10-,15-12+. The minimum Gasteiger partial charge on any atom is -0.425 e. The summed E-state index contributed by atoms with van der Waals surface area (Å²) < 4.78 is 8.30. The minimum atomic E-state index is 0.262. The Bertz CT molecular complexity index is 1050. The molecule has 0 amide bonds. The lowest BCUT2D eigenvalue weighted by Gasteiger charge is -2.23. The van der Waals surface area contributed by atoms with Gasteiger partial charge in [-0.1, -0.05) is 79.9 Å². The van der Waals surface area contributed by atoms with Crippen molar-refractivity contribution in [3.63, 3.8) is 0 Å². The second-order valence-electron chi connectivity index (χ2n) is 7.53. The Labute approximate surface area is 202 Å². The third-order valence-corrected chi connectivity index (χ3v) is 5.15. The fourth-order valence-electron chi connectivity index (χ4n) is 3.34. The summed E-state index contributed by atoms with van der Waals surface area (Å²) in [6.45, 7) is 13.6. The molecule has 0 aliphatic heterocycles. The predicted octanol–water partition coefficient (Wildman–Crippen LogP) is 6.54. The molecule has 0 spiro atoms. The molecule has 1 N–H and O–H groups in total. The highest BCUT2D eigenvalue weighted by atomic mass is 16.5. The monoisotopic (exact) mass is 461 g/mol. The first-order valence-electron chi connectivity index (χ1n) is 11.4. The van der Waals surface area contributed by atoms with Gasteiger partial charge in [0.2, 0.25) is 0 Å². The average molecular weight is 462 g/mol. The van der Waals surface area contributed by atoms with Gasteiger partial charge in [0.05, 0.1) is 12.2 Å². The first-order chi connectivity index (χ1) is 16.6. The minimum absolute atomic E-state index is 0.262. The van der Waals surface area contributed by atoms with Crippen LogP contribution in [-0.2, 0) is 13.0 Å². The lowest BCUT2D eigenvalue weighted by atomic mass is 10.1. The number of para-hydroxylation sites is 1. The number of nitrogens with one attached hydrogen (secondary N) is 1. The molecule has 1 heterocycles. The Balaban J connectivity index is 2.50. The lowest BCUT2D eigenvalue weighted by molar-refractivity contribution is 0.411. The van der Waals surface area contributed by atoms with E-state index < -0.39 is 0 Å². The first kappa shape index (κ1) is 26.4. The van der Waals surface area contributed by atoms with Gasteiger partial charge in [-0.3, -0.25) is 4.57 Å². The van der Waals surface area contributed by atoms with Crippen LogP contribution in [0.15, 0.2) is 85.3 Å². The molecule has 0 saturated heterocycles. The molecular formula is C27H35N5O2. The van der Waals surface area contributed by atoms with Crippen LogP contribution in [-0.4, -0.2) is 34.6 Å². The normalized spacial score (nSPS) is 11.4. The van der Waals surface area contributed by atoms with Gasteiger partial charge in [0.15, 0.2) is 5.82 Å². The molecule has 0 fully saturated rings. The summed E-state index contributed by atoms with van der Waals surface area (Å²) >= 11 is 0. The van der Waals surface area contributed by atoms with Crippen molar-refractivity contribution in [1.82, 2.24) is 14.5 Å². The number of hydrogen-bond donors (Lipinski definition) is 1. The smallest absolute Gasteiger partial charge is 0.304 e. The predicted molar refractivity (Wildman–Crippen MR) is 142 cm³/mol. The maximum atomic E-state index is 10.5. The van der Waals surface area contributed by atoms with Crippen molar-refractivity contribution in [2.45, 2.75) is 33.2 Å². The van der Waals surface area contributed by atoms with Crippen LogP contribution in [0.25, 0.3) is 5.70 Å². The summed E-state index contributed by atoms with van der Waals surface area (Å²) in [6, 6.07) is 8.39. The number of nitrogens with zero attached hydrogens (tertiary/aromatic N) is 4. The van der Waals surface area contributed by atoms with Gasteiger partial charge in [-0.05, 0) is 37.6 Å². The SMILES string of the molecule is C=CNc1nc(Oc2ccccc2CC)n(C/C=C/C=C\C=C/C)c1C(=C)N(C)CCCN=O. The maximum absolute atomic E-state index is 10.5. The molecule has 1 aromatic carbocycles. The highest BCUT2D eigenvalue weighted by Gasteiger charge is 2.22. The average Bonchev–Trinajstić information content (AvgIpc) is 3.17. The van der Waals surface area contributed by atoms with Gasteiger partial charge in [0, 0.05) is 20.1 Å². The molecule has 0 radical (unpaired) electrons. The Kier molecular flexibility index (Phi) is 11.1. The van der Waals surface area contributed by atoms with Crippen molar-refractivity contribution in [2.75, 3.05) is 25.5 Å². The van der Waals surface area contributed by atoms with E-state index in [-0.39, 0.29) is 6.54 Å². The van der Waals surface area contributed by atoms with Crippen LogP contribution in [0.4, 0.5) is 5.82 Å². The molecule has 1 aromatic heterocycles. The van der Waals surface area contributed by atoms with Crippen LogP contribution in [0.2, 0.25) is 0 Å². The topological polar surface area (TPSA) is 71.8 Å². The zero-order valence-electron chi connectivity index (χ0n) is 20.4. The van der Waals surface area contributed by atoms with E-state index in [0.29, 0.717) is 31.3 Å². The quantitative estimate of drug-likeness (QED) is 0.185. The summed E-state index contributed by atoms with van der Waals surface area (Å²) in [5.41, 5.74) is 2.63. The van der Waals surface area contributed by atoms with Gasteiger partial charge in [0.1, 0.15) is 11.4 Å². The molecule has 0 unspecified atom stereocenters. The number of nitroso groups, excluding NO2 is 1. The molecule has 34 heavy (non-hydrogen) atoms. The zero-order chi connectivity index (χ0) is 24.8. The van der Waals surface area contributed by atoms with Gasteiger partial charge >= 0.3 is 6.01 Å². The molecule has 0 aliphatic carbocycles. The zero-order valence-corrected chi connectivity index (χ0v) is 20.4. The maximum Gasteiger partial charge on any atom is 0.304 e. The molecule has 7 nitrogen and oxygen atoms in total. The summed E-state index contributed by atoms with van der Waals surface area (Å²) in [6.07, 6.45) is 15.0. The third-order valence-electron chi connectivity index (χ3n) is 5.15. The Hall–Kier alpha value is -3.87. The summed E-state index contributed by atoms with van der Waals surface area (Å²) in [4.78, 5) is 17.2. The number of hydrogen-bond acceptors (Lipinski definition) is 6. The van der Waals surface area contributed by atoms with E-state index in [1.54, 1.807) is 6.20 Å². The third kappa shape index (κ3) is 7.33. The molecule has 0 atom stereocenters. The van der Waals surface area contributed by atoms with Crippen molar-refractivity contribution in [3.05, 3.63) is 96.2 Å². The number of anilines is 1. The highest BCUT2D eigenvalue weighted by Crippen LogP contribution is 2.33. The Morgan fingerprint density at radius 2 is 2.03 bits per heavy atom. The van der Waals surface area contributed by atoms with Crippen molar-refractivity contribution in [1.29, 1.82) is 0 Å². The highest BCUT2D eigenvalue weighted by molar-refractivity contribution is 5.71. The van der Waals surface area contributed by atoms with Crippen molar-refractivity contribution < 1.29 is 4.74 Å². The van der Waals surface area contributed by atoms with Gasteiger partial charge in [0.25, 0.3) is 0 Å². The number of allylic oxidation sites excluding steroid dienone is 6. The number of benzene rings is 1. The van der Waals surface area contributed by atoms with Crippen molar-refractivity contribution in [3.8, 4) is 11.8 Å². The van der Waals surface area contributed by atoms with E-state index in [1.807, 2.05) is 84.2 Å².